The van der Waals surface area contributed by atoms with E-state index in [9.17, 15) is 14.4 Å². The summed E-state index contributed by atoms with van der Waals surface area (Å²) in [7, 11) is 0. The number of carbonyl (C=O) groups is 3. The van der Waals surface area contributed by atoms with Crippen LogP contribution in [0, 0.1) is 0 Å². The fourth-order valence-electron chi connectivity index (χ4n) is 3.36. The minimum atomic E-state index is -0.280. The Balaban J connectivity index is 1.53. The van der Waals surface area contributed by atoms with E-state index in [1.165, 1.54) is 0 Å². The van der Waals surface area contributed by atoms with Crippen LogP contribution >= 0.6 is 11.6 Å². The van der Waals surface area contributed by atoms with Crippen molar-refractivity contribution >= 4 is 40.7 Å². The summed E-state index contributed by atoms with van der Waals surface area (Å²) in [6.45, 7) is 2.92. The molecule has 0 aliphatic carbocycles. The van der Waals surface area contributed by atoms with Gasteiger partial charge in [0, 0.05) is 42.5 Å². The first-order chi connectivity index (χ1) is 14.4. The van der Waals surface area contributed by atoms with Gasteiger partial charge in [0.2, 0.25) is 11.8 Å². The zero-order valence-electron chi connectivity index (χ0n) is 16.8. The van der Waals surface area contributed by atoms with Crippen LogP contribution in [0.4, 0.5) is 11.4 Å². The van der Waals surface area contributed by atoms with Gasteiger partial charge in [0.25, 0.3) is 5.91 Å². The summed E-state index contributed by atoms with van der Waals surface area (Å²) in [5, 5.41) is 9.45. The van der Waals surface area contributed by atoms with Crippen LogP contribution in [0.15, 0.2) is 48.5 Å². The standard InChI is InChI=1S/C22H25ClN4O3/c1-15(28)27-12-10-18(11-13-27)25-21(29)14-24-20-5-3-2-4-19(20)22(30)26-17-8-6-16(23)7-9-17/h2-9,18,24H,10-14H2,1H3,(H,25,29)(H,26,30). The van der Waals surface area contributed by atoms with E-state index in [1.807, 2.05) is 0 Å². The number of amides is 3. The van der Waals surface area contributed by atoms with E-state index in [1.54, 1.807) is 60.4 Å². The Hall–Kier alpha value is -3.06. The number of hydrogen-bond donors (Lipinski definition) is 3. The summed E-state index contributed by atoms with van der Waals surface area (Å²) >= 11 is 5.87. The predicted octanol–water partition coefficient (Wildman–Crippen LogP) is 3.13. The van der Waals surface area contributed by atoms with Crippen molar-refractivity contribution in [3.63, 3.8) is 0 Å². The fourth-order valence-corrected chi connectivity index (χ4v) is 3.49. The molecule has 3 N–H and O–H groups in total. The van der Waals surface area contributed by atoms with E-state index >= 15 is 0 Å². The number of likely N-dealkylation sites (tertiary alicyclic amines) is 1. The highest BCUT2D eigenvalue weighted by Crippen LogP contribution is 2.19. The average Bonchev–Trinajstić information content (AvgIpc) is 2.74. The first kappa shape index (κ1) is 21.6. The lowest BCUT2D eigenvalue weighted by Crippen LogP contribution is -2.47. The first-order valence-corrected chi connectivity index (χ1v) is 10.2. The zero-order chi connectivity index (χ0) is 21.5. The van der Waals surface area contributed by atoms with Crippen LogP contribution in [0.2, 0.25) is 5.02 Å². The smallest absolute Gasteiger partial charge is 0.257 e. The van der Waals surface area contributed by atoms with Crippen LogP contribution in [-0.2, 0) is 9.59 Å². The second kappa shape index (κ2) is 10.1. The molecule has 1 saturated heterocycles. The molecule has 0 saturated carbocycles. The van der Waals surface area contributed by atoms with Gasteiger partial charge in [0.05, 0.1) is 12.1 Å². The molecule has 1 fully saturated rings. The fraction of sp³-hybridized carbons (Fsp3) is 0.318. The van der Waals surface area contributed by atoms with Gasteiger partial charge in [-0.15, -0.1) is 0 Å². The summed E-state index contributed by atoms with van der Waals surface area (Å²) in [5.74, 6) is -0.364. The number of hydrogen-bond acceptors (Lipinski definition) is 4. The zero-order valence-corrected chi connectivity index (χ0v) is 17.5. The SMILES string of the molecule is CC(=O)N1CCC(NC(=O)CNc2ccccc2C(=O)Nc2ccc(Cl)cc2)CC1. The van der Waals surface area contributed by atoms with Crippen LogP contribution in [-0.4, -0.2) is 48.3 Å². The Morgan fingerprint density at radius 3 is 2.37 bits per heavy atom. The van der Waals surface area contributed by atoms with Gasteiger partial charge >= 0.3 is 0 Å². The number of nitrogens with zero attached hydrogens (tertiary/aromatic N) is 1. The molecule has 2 aromatic rings. The van der Waals surface area contributed by atoms with Crippen molar-refractivity contribution in [3.8, 4) is 0 Å². The van der Waals surface area contributed by atoms with Crippen molar-refractivity contribution in [2.24, 2.45) is 0 Å². The van der Waals surface area contributed by atoms with E-state index in [0.717, 1.165) is 12.8 Å². The maximum Gasteiger partial charge on any atom is 0.257 e. The van der Waals surface area contributed by atoms with Gasteiger partial charge in [0.1, 0.15) is 0 Å². The third-order valence-corrected chi connectivity index (χ3v) is 5.27. The molecule has 1 aliphatic rings. The number of nitrogens with one attached hydrogen (secondary N) is 3. The second-order valence-electron chi connectivity index (χ2n) is 7.21. The molecular weight excluding hydrogens is 404 g/mol. The Morgan fingerprint density at radius 1 is 1.03 bits per heavy atom. The van der Waals surface area contributed by atoms with Crippen molar-refractivity contribution in [1.29, 1.82) is 0 Å². The highest BCUT2D eigenvalue weighted by molar-refractivity contribution is 6.30. The van der Waals surface area contributed by atoms with Gasteiger partial charge < -0.3 is 20.9 Å². The number of rotatable bonds is 6. The van der Waals surface area contributed by atoms with Gasteiger partial charge in [-0.2, -0.15) is 0 Å². The number of carbonyl (C=O) groups excluding carboxylic acids is 3. The van der Waals surface area contributed by atoms with Gasteiger partial charge in [-0.05, 0) is 49.2 Å². The maximum absolute atomic E-state index is 12.7. The van der Waals surface area contributed by atoms with Gasteiger partial charge in [-0.25, -0.2) is 0 Å². The largest absolute Gasteiger partial charge is 0.376 e. The van der Waals surface area contributed by atoms with Gasteiger partial charge in [-0.3, -0.25) is 14.4 Å². The average molecular weight is 429 g/mol. The molecule has 2 aromatic carbocycles. The lowest BCUT2D eigenvalue weighted by atomic mass is 10.1. The van der Waals surface area contributed by atoms with E-state index in [-0.39, 0.29) is 30.3 Å². The topological polar surface area (TPSA) is 90.5 Å². The summed E-state index contributed by atoms with van der Waals surface area (Å²) in [6.07, 6.45) is 1.48. The van der Waals surface area contributed by atoms with Crippen molar-refractivity contribution in [2.75, 3.05) is 30.3 Å². The molecule has 0 unspecified atom stereocenters. The van der Waals surface area contributed by atoms with Crippen molar-refractivity contribution in [3.05, 3.63) is 59.1 Å². The van der Waals surface area contributed by atoms with Crippen LogP contribution < -0.4 is 16.0 Å². The molecule has 1 aliphatic heterocycles. The molecule has 3 rings (SSSR count). The first-order valence-electron chi connectivity index (χ1n) is 9.87. The lowest BCUT2D eigenvalue weighted by Gasteiger charge is -2.31. The molecule has 0 spiro atoms. The maximum atomic E-state index is 12.7. The number of para-hydroxylation sites is 1. The number of anilines is 2. The van der Waals surface area contributed by atoms with Crippen molar-refractivity contribution < 1.29 is 14.4 Å². The number of halogens is 1. The normalized spacial score (nSPS) is 14.1. The predicted molar refractivity (Wildman–Crippen MR) is 118 cm³/mol. The highest BCUT2D eigenvalue weighted by atomic mass is 35.5. The van der Waals surface area contributed by atoms with E-state index < -0.39 is 0 Å². The number of piperidine rings is 1. The van der Waals surface area contributed by atoms with E-state index in [2.05, 4.69) is 16.0 Å². The van der Waals surface area contributed by atoms with E-state index in [4.69, 9.17) is 11.6 Å². The monoisotopic (exact) mass is 428 g/mol. The van der Waals surface area contributed by atoms with Crippen LogP contribution in [0.5, 0.6) is 0 Å². The summed E-state index contributed by atoms with van der Waals surface area (Å²) in [4.78, 5) is 38.2. The lowest BCUT2D eigenvalue weighted by molar-refractivity contribution is -0.130. The molecular formula is C22H25ClN4O3. The van der Waals surface area contributed by atoms with Crippen LogP contribution in [0.1, 0.15) is 30.1 Å². The molecule has 8 heteroatoms. The Labute approximate surface area is 180 Å². The summed E-state index contributed by atoms with van der Waals surface area (Å²) in [5.41, 5.74) is 1.65. The Bertz CT molecular complexity index is 909. The third-order valence-electron chi connectivity index (χ3n) is 5.02. The van der Waals surface area contributed by atoms with Gasteiger partial charge in [-0.1, -0.05) is 23.7 Å². The number of benzene rings is 2. The summed E-state index contributed by atoms with van der Waals surface area (Å²) in [6, 6.07) is 13.9. The van der Waals surface area contributed by atoms with Crippen molar-refractivity contribution in [2.45, 2.75) is 25.8 Å². The highest BCUT2D eigenvalue weighted by Gasteiger charge is 2.22. The third kappa shape index (κ3) is 5.97. The summed E-state index contributed by atoms with van der Waals surface area (Å²) < 4.78 is 0. The van der Waals surface area contributed by atoms with Crippen LogP contribution in [0.25, 0.3) is 0 Å². The molecule has 158 valence electrons. The molecule has 7 nitrogen and oxygen atoms in total. The minimum Gasteiger partial charge on any atom is -0.376 e. The van der Waals surface area contributed by atoms with E-state index in [0.29, 0.717) is 35.1 Å². The molecule has 0 radical (unpaired) electrons. The molecule has 30 heavy (non-hydrogen) atoms. The quantitative estimate of drug-likeness (QED) is 0.659. The van der Waals surface area contributed by atoms with Crippen molar-refractivity contribution in [1.82, 2.24) is 10.2 Å². The Kier molecular flexibility index (Phi) is 7.30. The Morgan fingerprint density at radius 2 is 1.70 bits per heavy atom. The second-order valence-corrected chi connectivity index (χ2v) is 7.64. The molecule has 0 atom stereocenters. The van der Waals surface area contributed by atoms with Gasteiger partial charge in [0.15, 0.2) is 0 Å². The molecule has 0 bridgehead atoms. The molecule has 0 aromatic heterocycles. The molecule has 3 amide bonds. The van der Waals surface area contributed by atoms with Crippen LogP contribution in [0.3, 0.4) is 0 Å². The minimum absolute atomic E-state index is 0.0537. The molecule has 1 heterocycles.